The summed E-state index contributed by atoms with van der Waals surface area (Å²) in [6.45, 7) is 8.31. The Balaban J connectivity index is 1.97. The van der Waals surface area contributed by atoms with Crippen LogP contribution in [0.15, 0.2) is 23.1 Å². The molecule has 1 aromatic heterocycles. The zero-order valence-corrected chi connectivity index (χ0v) is 15.6. The highest BCUT2D eigenvalue weighted by atomic mass is 32.2. The summed E-state index contributed by atoms with van der Waals surface area (Å²) in [5.41, 5.74) is 1.64. The number of hydrogen-bond acceptors (Lipinski definition) is 5. The van der Waals surface area contributed by atoms with E-state index in [1.165, 1.54) is 0 Å². The smallest absolute Gasteiger partial charge is 0.238 e. The molecule has 1 aromatic carbocycles. The van der Waals surface area contributed by atoms with Gasteiger partial charge in [-0.05, 0) is 31.5 Å². The first-order chi connectivity index (χ1) is 11.9. The lowest BCUT2D eigenvalue weighted by atomic mass is 10.3. The van der Waals surface area contributed by atoms with Gasteiger partial charge in [-0.1, -0.05) is 13.3 Å². The van der Waals surface area contributed by atoms with Gasteiger partial charge in [0.15, 0.2) is 0 Å². The summed E-state index contributed by atoms with van der Waals surface area (Å²) in [7, 11) is -3.73. The van der Waals surface area contributed by atoms with Gasteiger partial charge in [0.05, 0.1) is 35.2 Å². The number of primary sulfonamides is 1. The van der Waals surface area contributed by atoms with Crippen LogP contribution in [0.5, 0.6) is 0 Å². The fraction of sp³-hybridized carbons (Fsp3) is 0.588. The van der Waals surface area contributed by atoms with E-state index >= 15 is 0 Å². The van der Waals surface area contributed by atoms with Gasteiger partial charge >= 0.3 is 0 Å². The summed E-state index contributed by atoms with van der Waals surface area (Å²) in [6.07, 6.45) is 2.36. The number of unbranched alkanes of at least 4 members (excludes halogenated alkanes) is 1. The molecule has 138 valence electrons. The summed E-state index contributed by atoms with van der Waals surface area (Å²) in [5.74, 6) is 0.962. The average molecular weight is 366 g/mol. The highest BCUT2D eigenvalue weighted by Gasteiger charge is 2.20. The Labute approximate surface area is 148 Å². The van der Waals surface area contributed by atoms with E-state index in [1.807, 2.05) is 6.07 Å². The topological polar surface area (TPSA) is 90.4 Å². The molecule has 1 aliphatic rings. The molecular weight excluding hydrogens is 340 g/mol. The normalized spacial score (nSPS) is 19.6. The minimum absolute atomic E-state index is 0.103. The van der Waals surface area contributed by atoms with Gasteiger partial charge in [-0.15, -0.1) is 0 Å². The van der Waals surface area contributed by atoms with Gasteiger partial charge in [0.2, 0.25) is 10.0 Å². The molecule has 0 saturated carbocycles. The first-order valence-corrected chi connectivity index (χ1v) is 10.3. The van der Waals surface area contributed by atoms with Crippen molar-refractivity contribution in [1.29, 1.82) is 0 Å². The van der Waals surface area contributed by atoms with Gasteiger partial charge in [0, 0.05) is 19.6 Å². The molecule has 1 aliphatic heterocycles. The van der Waals surface area contributed by atoms with Gasteiger partial charge in [-0.25, -0.2) is 18.5 Å². The second kappa shape index (κ2) is 7.41. The van der Waals surface area contributed by atoms with E-state index in [4.69, 9.17) is 14.9 Å². The molecule has 1 atom stereocenters. The molecule has 7 nitrogen and oxygen atoms in total. The first kappa shape index (κ1) is 18.3. The van der Waals surface area contributed by atoms with Crippen LogP contribution in [-0.4, -0.2) is 48.7 Å². The fourth-order valence-electron chi connectivity index (χ4n) is 3.26. The third kappa shape index (κ3) is 4.20. The van der Waals surface area contributed by atoms with Crippen LogP contribution in [-0.2, 0) is 27.8 Å². The maximum absolute atomic E-state index is 11.6. The van der Waals surface area contributed by atoms with Crippen LogP contribution in [0.1, 0.15) is 32.5 Å². The van der Waals surface area contributed by atoms with Crippen LogP contribution in [0.2, 0.25) is 0 Å². The third-order valence-electron chi connectivity index (χ3n) is 4.55. The minimum Gasteiger partial charge on any atom is -0.376 e. The number of aryl methyl sites for hydroxylation is 1. The maximum Gasteiger partial charge on any atom is 0.238 e. The fourth-order valence-corrected chi connectivity index (χ4v) is 3.79. The van der Waals surface area contributed by atoms with E-state index in [9.17, 15) is 8.42 Å². The number of hydrogen-bond donors (Lipinski definition) is 1. The number of nitrogens with zero attached hydrogens (tertiary/aromatic N) is 3. The van der Waals surface area contributed by atoms with Crippen LogP contribution in [0.4, 0.5) is 0 Å². The Morgan fingerprint density at radius 3 is 2.88 bits per heavy atom. The van der Waals surface area contributed by atoms with Gasteiger partial charge < -0.3 is 9.30 Å². The average Bonchev–Trinajstić information content (AvgIpc) is 2.88. The molecule has 1 unspecified atom stereocenters. The SMILES string of the molecule is CCCCn1c(CN2CCOC(C)C2)nc2cc(S(N)(=O)=O)ccc21. The molecular formula is C17H26N4O3S. The lowest BCUT2D eigenvalue weighted by Crippen LogP contribution is -2.41. The van der Waals surface area contributed by atoms with Crippen molar-refractivity contribution >= 4 is 21.1 Å². The van der Waals surface area contributed by atoms with Crippen molar-refractivity contribution in [2.24, 2.45) is 5.14 Å². The van der Waals surface area contributed by atoms with Crippen molar-refractivity contribution in [1.82, 2.24) is 14.5 Å². The van der Waals surface area contributed by atoms with E-state index in [-0.39, 0.29) is 11.0 Å². The highest BCUT2D eigenvalue weighted by molar-refractivity contribution is 7.89. The molecule has 1 fully saturated rings. The Bertz CT molecular complexity index is 847. The molecule has 0 aliphatic carbocycles. The van der Waals surface area contributed by atoms with E-state index in [0.717, 1.165) is 57.0 Å². The Morgan fingerprint density at radius 2 is 2.20 bits per heavy atom. The standard InChI is InChI=1S/C17H26N4O3S/c1-3-4-7-21-16-6-5-14(25(18,22)23)10-15(16)19-17(21)12-20-8-9-24-13(2)11-20/h5-6,10,13H,3-4,7-9,11-12H2,1-2H3,(H2,18,22,23). The van der Waals surface area contributed by atoms with Gasteiger partial charge in [0.1, 0.15) is 5.82 Å². The van der Waals surface area contributed by atoms with Crippen molar-refractivity contribution in [2.75, 3.05) is 19.7 Å². The lowest BCUT2D eigenvalue weighted by Gasteiger charge is -2.30. The molecule has 2 heterocycles. The van der Waals surface area contributed by atoms with E-state index in [1.54, 1.807) is 12.1 Å². The number of nitrogens with two attached hydrogens (primary N) is 1. The Hall–Kier alpha value is -1.48. The van der Waals surface area contributed by atoms with Gasteiger partial charge in [-0.2, -0.15) is 0 Å². The minimum atomic E-state index is -3.73. The molecule has 0 spiro atoms. The zero-order chi connectivity index (χ0) is 18.0. The number of benzene rings is 1. The molecule has 1 saturated heterocycles. The summed E-state index contributed by atoms with van der Waals surface area (Å²) in [5, 5.41) is 5.25. The molecule has 0 radical (unpaired) electrons. The highest BCUT2D eigenvalue weighted by Crippen LogP contribution is 2.22. The van der Waals surface area contributed by atoms with Crippen molar-refractivity contribution in [2.45, 2.75) is 50.8 Å². The molecule has 0 bridgehead atoms. The number of aromatic nitrogens is 2. The second-order valence-electron chi connectivity index (χ2n) is 6.65. The maximum atomic E-state index is 11.6. The monoisotopic (exact) mass is 366 g/mol. The predicted molar refractivity (Wildman–Crippen MR) is 96.7 cm³/mol. The Morgan fingerprint density at radius 1 is 1.40 bits per heavy atom. The molecule has 2 aromatic rings. The molecule has 2 N–H and O–H groups in total. The van der Waals surface area contributed by atoms with E-state index < -0.39 is 10.0 Å². The van der Waals surface area contributed by atoms with E-state index in [0.29, 0.717) is 5.52 Å². The summed E-state index contributed by atoms with van der Waals surface area (Å²) >= 11 is 0. The van der Waals surface area contributed by atoms with Crippen molar-refractivity contribution in [3.63, 3.8) is 0 Å². The van der Waals surface area contributed by atoms with Crippen LogP contribution in [0, 0.1) is 0 Å². The van der Waals surface area contributed by atoms with Crippen molar-refractivity contribution in [3.05, 3.63) is 24.0 Å². The molecule has 0 amide bonds. The number of imidazole rings is 1. The number of rotatable bonds is 6. The predicted octanol–water partition coefficient (Wildman–Crippen LogP) is 1.70. The summed E-state index contributed by atoms with van der Waals surface area (Å²) in [4.78, 5) is 7.15. The van der Waals surface area contributed by atoms with Crippen LogP contribution >= 0.6 is 0 Å². The van der Waals surface area contributed by atoms with Crippen LogP contribution < -0.4 is 5.14 Å². The second-order valence-corrected chi connectivity index (χ2v) is 8.21. The number of morpholine rings is 1. The number of ether oxygens (including phenoxy) is 1. The summed E-state index contributed by atoms with van der Waals surface area (Å²) in [6, 6.07) is 4.93. The first-order valence-electron chi connectivity index (χ1n) is 8.74. The molecule has 3 rings (SSSR count). The zero-order valence-electron chi connectivity index (χ0n) is 14.8. The summed E-state index contributed by atoms with van der Waals surface area (Å²) < 4.78 is 31.0. The van der Waals surface area contributed by atoms with Gasteiger partial charge in [-0.3, -0.25) is 4.90 Å². The Kier molecular flexibility index (Phi) is 5.43. The molecule has 8 heteroatoms. The van der Waals surface area contributed by atoms with Crippen LogP contribution in [0.3, 0.4) is 0 Å². The van der Waals surface area contributed by atoms with E-state index in [2.05, 4.69) is 23.3 Å². The van der Waals surface area contributed by atoms with Crippen LogP contribution in [0.25, 0.3) is 11.0 Å². The quantitative estimate of drug-likeness (QED) is 0.840. The van der Waals surface area contributed by atoms with Crippen molar-refractivity contribution in [3.8, 4) is 0 Å². The number of fused-ring (bicyclic) bond motifs is 1. The van der Waals surface area contributed by atoms with Crippen molar-refractivity contribution < 1.29 is 13.2 Å². The van der Waals surface area contributed by atoms with Gasteiger partial charge in [0.25, 0.3) is 0 Å². The molecule has 25 heavy (non-hydrogen) atoms. The largest absolute Gasteiger partial charge is 0.376 e. The number of sulfonamides is 1. The third-order valence-corrected chi connectivity index (χ3v) is 5.46. The lowest BCUT2D eigenvalue weighted by molar-refractivity contribution is -0.0222.